The third-order valence-electron chi connectivity index (χ3n) is 6.23. The summed E-state index contributed by atoms with van der Waals surface area (Å²) in [6.07, 6.45) is 11.4. The molecule has 2 aliphatic rings. The molecule has 21 heavy (non-hydrogen) atoms. The van der Waals surface area contributed by atoms with Crippen LogP contribution in [-0.4, -0.2) is 5.11 Å². The minimum Gasteiger partial charge on any atom is -0.385 e. The second-order valence-corrected chi connectivity index (χ2v) is 7.42. The maximum Gasteiger partial charge on any atom is 0.0929 e. The van der Waals surface area contributed by atoms with Gasteiger partial charge in [-0.25, -0.2) is 0 Å². The molecule has 0 heterocycles. The van der Waals surface area contributed by atoms with Crippen LogP contribution in [0.2, 0.25) is 0 Å². The van der Waals surface area contributed by atoms with E-state index in [-0.39, 0.29) is 0 Å². The van der Waals surface area contributed by atoms with Gasteiger partial charge in [0.2, 0.25) is 0 Å². The summed E-state index contributed by atoms with van der Waals surface area (Å²) in [4.78, 5) is 0. The molecule has 3 rings (SSSR count). The number of benzene rings is 1. The van der Waals surface area contributed by atoms with E-state index in [2.05, 4.69) is 32.0 Å². The molecule has 0 radical (unpaired) electrons. The average molecular weight is 286 g/mol. The van der Waals surface area contributed by atoms with Crippen LogP contribution in [0.1, 0.15) is 74.5 Å². The number of hydrogen-bond acceptors (Lipinski definition) is 1. The summed E-state index contributed by atoms with van der Waals surface area (Å²) in [5.41, 5.74) is 3.27. The van der Waals surface area contributed by atoms with Crippen LogP contribution in [0.5, 0.6) is 0 Å². The molecule has 1 heteroatoms. The van der Waals surface area contributed by atoms with Crippen molar-refractivity contribution in [3.63, 3.8) is 0 Å². The van der Waals surface area contributed by atoms with Crippen molar-refractivity contribution in [1.82, 2.24) is 0 Å². The molecule has 1 aromatic carbocycles. The second kappa shape index (κ2) is 6.12. The molecule has 0 aliphatic heterocycles. The molecule has 2 atom stereocenters. The van der Waals surface area contributed by atoms with Gasteiger partial charge in [0.15, 0.2) is 0 Å². The lowest BCUT2D eigenvalue weighted by atomic mass is 9.62. The van der Waals surface area contributed by atoms with Crippen molar-refractivity contribution in [3.8, 4) is 0 Å². The number of hydrogen-bond donors (Lipinski definition) is 1. The third kappa shape index (κ3) is 2.77. The Morgan fingerprint density at radius 3 is 2.43 bits per heavy atom. The first-order valence-corrected chi connectivity index (χ1v) is 8.92. The Kier molecular flexibility index (Phi) is 4.40. The zero-order valence-corrected chi connectivity index (χ0v) is 13.7. The van der Waals surface area contributed by atoms with Gasteiger partial charge in [-0.15, -0.1) is 0 Å². The molecule has 2 saturated carbocycles. The maximum absolute atomic E-state index is 11.7. The van der Waals surface area contributed by atoms with Gasteiger partial charge in [0.05, 0.1) is 5.60 Å². The van der Waals surface area contributed by atoms with Crippen LogP contribution in [0.25, 0.3) is 0 Å². The van der Waals surface area contributed by atoms with Gasteiger partial charge in [-0.1, -0.05) is 63.1 Å². The van der Waals surface area contributed by atoms with Crippen molar-refractivity contribution in [2.24, 2.45) is 11.8 Å². The molecule has 0 spiro atoms. The molecule has 0 aromatic heterocycles. The topological polar surface area (TPSA) is 20.2 Å². The predicted molar refractivity (Wildman–Crippen MR) is 88.3 cm³/mol. The van der Waals surface area contributed by atoms with E-state index in [1.165, 1.54) is 68.1 Å². The average Bonchev–Trinajstić information content (AvgIpc) is 2.51. The first-order valence-electron chi connectivity index (χ1n) is 8.92. The Morgan fingerprint density at radius 1 is 0.952 bits per heavy atom. The Bertz CT molecular complexity index is 487. The standard InChI is InChI=1S/C20H30O/c1-15-9-8-13-18(16(15)2)20(21)14-7-6-12-19(20)17-10-4-3-5-11-17/h8-9,13,17,19,21H,3-7,10-12,14H2,1-2H3. The summed E-state index contributed by atoms with van der Waals surface area (Å²) in [6, 6.07) is 6.48. The lowest BCUT2D eigenvalue weighted by molar-refractivity contribution is -0.0839. The van der Waals surface area contributed by atoms with Crippen LogP contribution in [0.4, 0.5) is 0 Å². The lowest BCUT2D eigenvalue weighted by Gasteiger charge is -2.46. The van der Waals surface area contributed by atoms with Gasteiger partial charge in [0.1, 0.15) is 0 Å². The Labute approximate surface area is 129 Å². The molecule has 2 fully saturated rings. The summed E-state index contributed by atoms with van der Waals surface area (Å²) in [7, 11) is 0. The van der Waals surface area contributed by atoms with Gasteiger partial charge in [-0.05, 0) is 55.2 Å². The largest absolute Gasteiger partial charge is 0.385 e. The Morgan fingerprint density at radius 2 is 1.67 bits per heavy atom. The Balaban J connectivity index is 1.96. The van der Waals surface area contributed by atoms with Crippen LogP contribution >= 0.6 is 0 Å². The van der Waals surface area contributed by atoms with E-state index in [4.69, 9.17) is 0 Å². The van der Waals surface area contributed by atoms with E-state index in [0.29, 0.717) is 5.92 Å². The van der Waals surface area contributed by atoms with Crippen LogP contribution in [0.3, 0.4) is 0 Å². The minimum atomic E-state index is -0.573. The molecular weight excluding hydrogens is 256 g/mol. The van der Waals surface area contributed by atoms with E-state index >= 15 is 0 Å². The van der Waals surface area contributed by atoms with Gasteiger partial charge < -0.3 is 5.11 Å². The van der Waals surface area contributed by atoms with E-state index in [1.54, 1.807) is 0 Å². The predicted octanol–water partition coefficient (Wildman–Crippen LogP) is 5.26. The normalized spacial score (nSPS) is 31.3. The fraction of sp³-hybridized carbons (Fsp3) is 0.700. The summed E-state index contributed by atoms with van der Waals surface area (Å²) in [5, 5.41) is 11.7. The first-order chi connectivity index (χ1) is 10.1. The van der Waals surface area contributed by atoms with Gasteiger partial charge in [-0.3, -0.25) is 0 Å². The smallest absolute Gasteiger partial charge is 0.0929 e. The van der Waals surface area contributed by atoms with Crippen molar-refractivity contribution >= 4 is 0 Å². The minimum absolute atomic E-state index is 0.479. The second-order valence-electron chi connectivity index (χ2n) is 7.42. The molecule has 1 nitrogen and oxygen atoms in total. The third-order valence-corrected chi connectivity index (χ3v) is 6.23. The molecule has 0 bridgehead atoms. The first kappa shape index (κ1) is 15.1. The summed E-state index contributed by atoms with van der Waals surface area (Å²) in [6.45, 7) is 4.36. The summed E-state index contributed by atoms with van der Waals surface area (Å²) in [5.74, 6) is 1.22. The van der Waals surface area contributed by atoms with Crippen molar-refractivity contribution in [1.29, 1.82) is 0 Å². The zero-order chi connectivity index (χ0) is 14.9. The Hall–Kier alpha value is -0.820. The van der Waals surface area contributed by atoms with Crippen molar-refractivity contribution in [3.05, 3.63) is 34.9 Å². The fourth-order valence-corrected chi connectivity index (χ4v) is 4.90. The van der Waals surface area contributed by atoms with Gasteiger partial charge >= 0.3 is 0 Å². The number of rotatable bonds is 2. The van der Waals surface area contributed by atoms with E-state index in [9.17, 15) is 5.11 Å². The zero-order valence-electron chi connectivity index (χ0n) is 13.7. The number of aryl methyl sites for hydroxylation is 1. The molecule has 0 saturated heterocycles. The molecule has 2 unspecified atom stereocenters. The van der Waals surface area contributed by atoms with Gasteiger partial charge in [0, 0.05) is 0 Å². The monoisotopic (exact) mass is 286 g/mol. The molecule has 1 N–H and O–H groups in total. The van der Waals surface area contributed by atoms with Crippen LogP contribution in [0, 0.1) is 25.7 Å². The number of aliphatic hydroxyl groups is 1. The molecular formula is C20H30O. The molecule has 116 valence electrons. The SMILES string of the molecule is Cc1cccc(C2(O)CCCCC2C2CCCCC2)c1C. The summed E-state index contributed by atoms with van der Waals surface area (Å²) >= 11 is 0. The van der Waals surface area contributed by atoms with Crippen molar-refractivity contribution < 1.29 is 5.11 Å². The highest BCUT2D eigenvalue weighted by atomic mass is 16.3. The van der Waals surface area contributed by atoms with Crippen molar-refractivity contribution in [2.75, 3.05) is 0 Å². The quantitative estimate of drug-likeness (QED) is 0.786. The molecule has 0 amide bonds. The molecule has 2 aliphatic carbocycles. The molecule has 1 aromatic rings. The van der Waals surface area contributed by atoms with E-state index < -0.39 is 5.60 Å². The van der Waals surface area contributed by atoms with E-state index in [1.807, 2.05) is 0 Å². The van der Waals surface area contributed by atoms with Crippen LogP contribution in [0.15, 0.2) is 18.2 Å². The van der Waals surface area contributed by atoms with Gasteiger partial charge in [0.25, 0.3) is 0 Å². The van der Waals surface area contributed by atoms with Crippen LogP contribution in [-0.2, 0) is 5.60 Å². The lowest BCUT2D eigenvalue weighted by Crippen LogP contribution is -2.43. The highest BCUT2D eigenvalue weighted by Crippen LogP contribution is 2.49. The van der Waals surface area contributed by atoms with Gasteiger partial charge in [-0.2, -0.15) is 0 Å². The highest BCUT2D eigenvalue weighted by Gasteiger charge is 2.44. The van der Waals surface area contributed by atoms with Crippen LogP contribution < -0.4 is 0 Å². The maximum atomic E-state index is 11.7. The summed E-state index contributed by atoms with van der Waals surface area (Å²) < 4.78 is 0. The van der Waals surface area contributed by atoms with E-state index in [0.717, 1.165) is 12.3 Å². The van der Waals surface area contributed by atoms with Crippen molar-refractivity contribution in [2.45, 2.75) is 77.2 Å². The fourth-order valence-electron chi connectivity index (χ4n) is 4.90. The highest BCUT2D eigenvalue weighted by molar-refractivity contribution is 5.38.